The number of hydrogen-bond acceptors (Lipinski definition) is 2. The maximum Gasteiger partial charge on any atom is 0.227 e. The third-order valence-electron chi connectivity index (χ3n) is 5.26. The van der Waals surface area contributed by atoms with E-state index in [-0.39, 0.29) is 0 Å². The van der Waals surface area contributed by atoms with Crippen LogP contribution in [-0.4, -0.2) is 35.0 Å². The first-order valence-corrected chi connectivity index (χ1v) is 8.71. The van der Waals surface area contributed by atoms with E-state index in [4.69, 9.17) is 4.74 Å². The lowest BCUT2D eigenvalue weighted by Gasteiger charge is -2.29. The standard InChI is InChI=1S/C19H24N2O2/c1-23-16-8-9-18-17(11-16)13(12-20-18)10-19(22)21(15-6-7-15)14-4-2-3-5-14/h8-9,11-12,14-15,20H,2-7,10H2,1H3. The molecule has 2 fully saturated rings. The van der Waals surface area contributed by atoms with Gasteiger partial charge in [-0.15, -0.1) is 0 Å². The van der Waals surface area contributed by atoms with Gasteiger partial charge in [-0.05, 0) is 49.4 Å². The molecule has 23 heavy (non-hydrogen) atoms. The third kappa shape index (κ3) is 2.82. The van der Waals surface area contributed by atoms with Crippen LogP contribution in [0.4, 0.5) is 0 Å². The largest absolute Gasteiger partial charge is 0.497 e. The number of aromatic amines is 1. The van der Waals surface area contributed by atoms with Crippen LogP contribution in [0.1, 0.15) is 44.1 Å². The average Bonchev–Trinajstić information content (AvgIpc) is 3.09. The fourth-order valence-corrected chi connectivity index (χ4v) is 3.93. The lowest BCUT2D eigenvalue weighted by atomic mass is 10.1. The Labute approximate surface area is 136 Å². The van der Waals surface area contributed by atoms with Gasteiger partial charge in [-0.2, -0.15) is 0 Å². The molecule has 2 saturated carbocycles. The Balaban J connectivity index is 1.57. The smallest absolute Gasteiger partial charge is 0.227 e. The van der Waals surface area contributed by atoms with E-state index in [9.17, 15) is 4.79 Å². The maximum atomic E-state index is 13.0. The summed E-state index contributed by atoms with van der Waals surface area (Å²) in [5.74, 6) is 1.13. The predicted molar refractivity (Wildman–Crippen MR) is 90.7 cm³/mol. The minimum absolute atomic E-state index is 0.295. The highest BCUT2D eigenvalue weighted by Crippen LogP contribution is 2.35. The summed E-state index contributed by atoms with van der Waals surface area (Å²) in [7, 11) is 1.67. The second-order valence-corrected chi connectivity index (χ2v) is 6.87. The number of ether oxygens (including phenoxy) is 1. The Hall–Kier alpha value is -1.97. The van der Waals surface area contributed by atoms with Crippen molar-refractivity contribution in [3.63, 3.8) is 0 Å². The first kappa shape index (κ1) is 14.6. The lowest BCUT2D eigenvalue weighted by Crippen LogP contribution is -2.41. The summed E-state index contributed by atoms with van der Waals surface area (Å²) >= 11 is 0. The molecule has 4 rings (SSSR count). The highest BCUT2D eigenvalue weighted by Gasteiger charge is 2.38. The number of benzene rings is 1. The van der Waals surface area contributed by atoms with Gasteiger partial charge in [0.25, 0.3) is 0 Å². The lowest BCUT2D eigenvalue weighted by molar-refractivity contribution is -0.133. The fourth-order valence-electron chi connectivity index (χ4n) is 3.93. The molecule has 2 aromatic rings. The van der Waals surface area contributed by atoms with Crippen LogP contribution in [0.3, 0.4) is 0 Å². The Morgan fingerprint density at radius 3 is 2.65 bits per heavy atom. The van der Waals surface area contributed by atoms with Crippen molar-refractivity contribution in [2.45, 2.75) is 57.0 Å². The molecule has 0 saturated heterocycles. The number of amides is 1. The predicted octanol–water partition coefficient (Wildman–Crippen LogP) is 3.65. The van der Waals surface area contributed by atoms with Crippen molar-refractivity contribution in [2.24, 2.45) is 0 Å². The first-order chi connectivity index (χ1) is 11.3. The van der Waals surface area contributed by atoms with Crippen molar-refractivity contribution < 1.29 is 9.53 Å². The summed E-state index contributed by atoms with van der Waals surface area (Å²) in [6, 6.07) is 6.96. The van der Waals surface area contributed by atoms with Crippen molar-refractivity contribution >= 4 is 16.8 Å². The van der Waals surface area contributed by atoms with Crippen LogP contribution >= 0.6 is 0 Å². The molecule has 1 aromatic heterocycles. The maximum absolute atomic E-state index is 13.0. The summed E-state index contributed by atoms with van der Waals surface area (Å²) in [5, 5.41) is 1.10. The quantitative estimate of drug-likeness (QED) is 0.916. The van der Waals surface area contributed by atoms with Crippen LogP contribution in [-0.2, 0) is 11.2 Å². The first-order valence-electron chi connectivity index (χ1n) is 8.71. The van der Waals surface area contributed by atoms with Crippen molar-refractivity contribution in [1.82, 2.24) is 9.88 Å². The van der Waals surface area contributed by atoms with Gasteiger partial charge in [-0.3, -0.25) is 4.79 Å². The molecule has 2 aliphatic rings. The van der Waals surface area contributed by atoms with Crippen molar-refractivity contribution in [3.8, 4) is 5.75 Å². The summed E-state index contributed by atoms with van der Waals surface area (Å²) in [4.78, 5) is 18.4. The molecule has 1 aromatic carbocycles. The van der Waals surface area contributed by atoms with E-state index in [1.807, 2.05) is 24.4 Å². The minimum atomic E-state index is 0.295. The zero-order chi connectivity index (χ0) is 15.8. The van der Waals surface area contributed by atoms with Crippen molar-refractivity contribution in [2.75, 3.05) is 7.11 Å². The van der Waals surface area contributed by atoms with Gasteiger partial charge in [-0.25, -0.2) is 0 Å². The van der Waals surface area contributed by atoms with E-state index in [0.29, 0.717) is 24.4 Å². The summed E-state index contributed by atoms with van der Waals surface area (Å²) < 4.78 is 5.32. The molecule has 1 N–H and O–H groups in total. The molecule has 0 bridgehead atoms. The number of methoxy groups -OCH3 is 1. The zero-order valence-electron chi connectivity index (χ0n) is 13.7. The Kier molecular flexibility index (Phi) is 3.76. The summed E-state index contributed by atoms with van der Waals surface area (Å²) in [5.41, 5.74) is 2.14. The van der Waals surface area contributed by atoms with E-state index in [2.05, 4.69) is 9.88 Å². The summed E-state index contributed by atoms with van der Waals surface area (Å²) in [6.45, 7) is 0. The minimum Gasteiger partial charge on any atom is -0.497 e. The normalized spacial score (nSPS) is 18.5. The van der Waals surface area contributed by atoms with Gasteiger partial charge in [0, 0.05) is 29.2 Å². The van der Waals surface area contributed by atoms with Gasteiger partial charge in [0.1, 0.15) is 5.75 Å². The molecular formula is C19H24N2O2. The number of nitrogens with zero attached hydrogens (tertiary/aromatic N) is 1. The van der Waals surface area contributed by atoms with Gasteiger partial charge in [-0.1, -0.05) is 12.8 Å². The van der Waals surface area contributed by atoms with Gasteiger partial charge in [0.2, 0.25) is 5.91 Å². The Bertz CT molecular complexity index is 711. The van der Waals surface area contributed by atoms with Crippen molar-refractivity contribution in [3.05, 3.63) is 30.0 Å². The molecule has 0 aliphatic heterocycles. The molecule has 0 unspecified atom stereocenters. The fraction of sp³-hybridized carbons (Fsp3) is 0.526. The van der Waals surface area contributed by atoms with Crippen LogP contribution in [0.15, 0.2) is 24.4 Å². The van der Waals surface area contributed by atoms with E-state index in [1.54, 1.807) is 7.11 Å². The molecule has 1 amide bonds. The number of H-pyrrole nitrogens is 1. The molecule has 4 heteroatoms. The van der Waals surface area contributed by atoms with Crippen LogP contribution in [0.25, 0.3) is 10.9 Å². The molecule has 1 heterocycles. The average molecular weight is 312 g/mol. The second-order valence-electron chi connectivity index (χ2n) is 6.87. The third-order valence-corrected chi connectivity index (χ3v) is 5.26. The van der Waals surface area contributed by atoms with E-state index < -0.39 is 0 Å². The molecule has 2 aliphatic carbocycles. The number of nitrogens with one attached hydrogen (secondary N) is 1. The van der Waals surface area contributed by atoms with Crippen LogP contribution in [0, 0.1) is 0 Å². The Morgan fingerprint density at radius 1 is 1.22 bits per heavy atom. The highest BCUT2D eigenvalue weighted by atomic mass is 16.5. The zero-order valence-corrected chi connectivity index (χ0v) is 13.7. The SMILES string of the molecule is COc1ccc2[nH]cc(CC(=O)N(C3CCCC3)C3CC3)c2c1. The van der Waals surface area contributed by atoms with Crippen LogP contribution in [0.5, 0.6) is 5.75 Å². The molecule has 122 valence electrons. The van der Waals surface area contributed by atoms with Crippen LogP contribution in [0.2, 0.25) is 0 Å². The number of carbonyl (C=O) groups is 1. The van der Waals surface area contributed by atoms with E-state index in [0.717, 1.165) is 22.2 Å². The molecule has 0 spiro atoms. The second kappa shape index (κ2) is 5.91. The number of fused-ring (bicyclic) bond motifs is 1. The molecule has 0 atom stereocenters. The highest BCUT2D eigenvalue weighted by molar-refractivity contribution is 5.90. The topological polar surface area (TPSA) is 45.3 Å². The van der Waals surface area contributed by atoms with Crippen LogP contribution < -0.4 is 4.74 Å². The molecular weight excluding hydrogens is 288 g/mol. The molecule has 0 radical (unpaired) electrons. The number of carbonyl (C=O) groups excluding carboxylic acids is 1. The number of hydrogen-bond donors (Lipinski definition) is 1. The van der Waals surface area contributed by atoms with Gasteiger partial charge in [0.15, 0.2) is 0 Å². The van der Waals surface area contributed by atoms with Crippen molar-refractivity contribution in [1.29, 1.82) is 0 Å². The monoisotopic (exact) mass is 312 g/mol. The van der Waals surface area contributed by atoms with Gasteiger partial charge in [0.05, 0.1) is 13.5 Å². The molecule has 4 nitrogen and oxygen atoms in total. The summed E-state index contributed by atoms with van der Waals surface area (Å²) in [6.07, 6.45) is 9.74. The number of aromatic nitrogens is 1. The van der Waals surface area contributed by atoms with Gasteiger partial charge < -0.3 is 14.6 Å². The Morgan fingerprint density at radius 2 is 1.96 bits per heavy atom. The number of rotatable bonds is 5. The van der Waals surface area contributed by atoms with Gasteiger partial charge >= 0.3 is 0 Å². The van der Waals surface area contributed by atoms with E-state index >= 15 is 0 Å². The van der Waals surface area contributed by atoms with E-state index in [1.165, 1.54) is 38.5 Å².